The molecule has 0 radical (unpaired) electrons. The Bertz CT molecular complexity index is 646. The van der Waals surface area contributed by atoms with Crippen LogP contribution in [0.2, 0.25) is 0 Å². The highest BCUT2D eigenvalue weighted by Crippen LogP contribution is 2.39. The van der Waals surface area contributed by atoms with E-state index in [1.165, 1.54) is 5.56 Å². The van der Waals surface area contributed by atoms with E-state index in [-0.39, 0.29) is 36.8 Å². The summed E-state index contributed by atoms with van der Waals surface area (Å²) in [5.74, 6) is -1.14. The number of carbonyl (C=O) groups excluding carboxylic acids is 2. The van der Waals surface area contributed by atoms with Crippen LogP contribution in [-0.2, 0) is 19.1 Å². The van der Waals surface area contributed by atoms with Gasteiger partial charge in [-0.1, -0.05) is 44.2 Å². The predicted octanol–water partition coefficient (Wildman–Crippen LogP) is 3.51. The molecule has 0 saturated carbocycles. The molecule has 1 saturated heterocycles. The molecular weight excluding hydrogens is 330 g/mol. The van der Waals surface area contributed by atoms with Gasteiger partial charge in [0.1, 0.15) is 5.57 Å². The Labute approximate surface area is 156 Å². The van der Waals surface area contributed by atoms with Crippen molar-refractivity contribution in [2.24, 2.45) is 5.92 Å². The molecule has 3 atom stereocenters. The van der Waals surface area contributed by atoms with Crippen molar-refractivity contribution in [3.8, 4) is 0 Å². The van der Waals surface area contributed by atoms with E-state index in [1.54, 1.807) is 13.8 Å². The van der Waals surface area contributed by atoms with Crippen LogP contribution in [-0.4, -0.2) is 42.6 Å². The van der Waals surface area contributed by atoms with Crippen molar-refractivity contribution >= 4 is 11.9 Å². The van der Waals surface area contributed by atoms with Gasteiger partial charge in [0, 0.05) is 18.6 Å². The zero-order valence-corrected chi connectivity index (χ0v) is 16.3. The third-order valence-corrected chi connectivity index (χ3v) is 4.66. The molecule has 26 heavy (non-hydrogen) atoms. The highest BCUT2D eigenvalue weighted by Gasteiger charge is 2.45. The lowest BCUT2D eigenvalue weighted by atomic mass is 9.93. The number of benzene rings is 1. The quantitative estimate of drug-likeness (QED) is 0.234. The monoisotopic (exact) mass is 359 g/mol. The standard InChI is InChI=1S/C21H29NO4/c1-6-25-20(23)19(21(24)26-7-2)18(14(3)4)17-13-22(17)15(5)16-11-9-8-10-12-16/h8-12,14-15,17H,6-7,13H2,1-5H3/t15-,17?,22?/m1/s1. The normalized spacial score (nSPS) is 19.6. The van der Waals surface area contributed by atoms with E-state index in [4.69, 9.17) is 9.47 Å². The van der Waals surface area contributed by atoms with Gasteiger partial charge in [0.15, 0.2) is 0 Å². The van der Waals surface area contributed by atoms with Crippen LogP contribution >= 0.6 is 0 Å². The second kappa shape index (κ2) is 8.99. The van der Waals surface area contributed by atoms with Crippen molar-refractivity contribution in [2.45, 2.75) is 46.7 Å². The van der Waals surface area contributed by atoms with Gasteiger partial charge in [0.25, 0.3) is 0 Å². The molecule has 0 aromatic heterocycles. The summed E-state index contributed by atoms with van der Waals surface area (Å²) in [6.07, 6.45) is 0. The zero-order chi connectivity index (χ0) is 19.3. The fourth-order valence-electron chi connectivity index (χ4n) is 3.35. The molecule has 1 heterocycles. The Morgan fingerprint density at radius 2 is 1.58 bits per heavy atom. The second-order valence-electron chi connectivity index (χ2n) is 6.73. The van der Waals surface area contributed by atoms with Gasteiger partial charge < -0.3 is 9.47 Å². The lowest BCUT2D eigenvalue weighted by molar-refractivity contribution is -0.146. The van der Waals surface area contributed by atoms with Crippen LogP contribution in [0.15, 0.2) is 41.5 Å². The minimum atomic E-state index is -0.589. The number of nitrogens with zero attached hydrogens (tertiary/aromatic N) is 1. The first-order valence-electron chi connectivity index (χ1n) is 9.31. The summed E-state index contributed by atoms with van der Waals surface area (Å²) in [4.78, 5) is 27.3. The fourth-order valence-corrected chi connectivity index (χ4v) is 3.35. The molecule has 1 aliphatic heterocycles. The fraction of sp³-hybridized carbons (Fsp3) is 0.524. The predicted molar refractivity (Wildman–Crippen MR) is 100 cm³/mol. The summed E-state index contributed by atoms with van der Waals surface area (Å²) in [7, 11) is 0. The molecule has 5 heteroatoms. The highest BCUT2D eigenvalue weighted by molar-refractivity contribution is 6.15. The number of rotatable bonds is 8. The van der Waals surface area contributed by atoms with Crippen molar-refractivity contribution in [1.29, 1.82) is 0 Å². The number of hydrogen-bond donors (Lipinski definition) is 0. The van der Waals surface area contributed by atoms with Gasteiger partial charge in [-0.15, -0.1) is 0 Å². The van der Waals surface area contributed by atoms with Crippen LogP contribution in [0, 0.1) is 5.92 Å². The first kappa shape index (κ1) is 20.2. The minimum Gasteiger partial charge on any atom is -0.462 e. The second-order valence-corrected chi connectivity index (χ2v) is 6.73. The van der Waals surface area contributed by atoms with Crippen LogP contribution in [0.5, 0.6) is 0 Å². The lowest BCUT2D eigenvalue weighted by Crippen LogP contribution is -2.25. The molecule has 0 aliphatic carbocycles. The van der Waals surface area contributed by atoms with Crippen molar-refractivity contribution < 1.29 is 19.1 Å². The molecule has 0 bridgehead atoms. The molecule has 1 fully saturated rings. The van der Waals surface area contributed by atoms with Gasteiger partial charge in [0.05, 0.1) is 13.2 Å². The number of hydrogen-bond acceptors (Lipinski definition) is 5. The van der Waals surface area contributed by atoms with Gasteiger partial charge in [0.2, 0.25) is 0 Å². The maximum absolute atomic E-state index is 12.5. The third-order valence-electron chi connectivity index (χ3n) is 4.66. The number of carbonyl (C=O) groups is 2. The zero-order valence-electron chi connectivity index (χ0n) is 16.3. The van der Waals surface area contributed by atoms with Gasteiger partial charge in [-0.2, -0.15) is 0 Å². The summed E-state index contributed by atoms with van der Waals surface area (Å²) in [5.41, 5.74) is 2.09. The largest absolute Gasteiger partial charge is 0.462 e. The number of ether oxygens (including phenoxy) is 2. The number of esters is 2. The van der Waals surface area contributed by atoms with Crippen LogP contribution in [0.1, 0.15) is 46.2 Å². The van der Waals surface area contributed by atoms with Crippen LogP contribution in [0.4, 0.5) is 0 Å². The highest BCUT2D eigenvalue weighted by atomic mass is 16.6. The maximum atomic E-state index is 12.5. The van der Waals surface area contributed by atoms with Gasteiger partial charge in [-0.3, -0.25) is 4.90 Å². The maximum Gasteiger partial charge on any atom is 0.345 e. The lowest BCUT2D eigenvalue weighted by Gasteiger charge is -2.20. The Kier molecular flexibility index (Phi) is 6.98. The van der Waals surface area contributed by atoms with Crippen LogP contribution < -0.4 is 0 Å². The molecule has 1 aliphatic rings. The van der Waals surface area contributed by atoms with Gasteiger partial charge in [-0.05, 0) is 37.8 Å². The van der Waals surface area contributed by atoms with Crippen molar-refractivity contribution in [3.63, 3.8) is 0 Å². The van der Waals surface area contributed by atoms with E-state index in [1.807, 2.05) is 32.0 Å². The minimum absolute atomic E-state index is 0.0387. The smallest absolute Gasteiger partial charge is 0.345 e. The van der Waals surface area contributed by atoms with E-state index in [0.29, 0.717) is 0 Å². The van der Waals surface area contributed by atoms with E-state index < -0.39 is 11.9 Å². The van der Waals surface area contributed by atoms with E-state index in [0.717, 1.165) is 12.1 Å². The average Bonchev–Trinajstić information content (AvgIpc) is 3.39. The Balaban J connectivity index is 2.34. The van der Waals surface area contributed by atoms with Gasteiger partial charge in [-0.25, -0.2) is 9.59 Å². The molecule has 0 spiro atoms. The van der Waals surface area contributed by atoms with Crippen molar-refractivity contribution in [2.75, 3.05) is 19.8 Å². The molecule has 142 valence electrons. The molecule has 5 nitrogen and oxygen atoms in total. The van der Waals surface area contributed by atoms with Crippen molar-refractivity contribution in [1.82, 2.24) is 4.90 Å². The van der Waals surface area contributed by atoms with E-state index in [9.17, 15) is 9.59 Å². The molecule has 0 amide bonds. The Morgan fingerprint density at radius 3 is 2.04 bits per heavy atom. The van der Waals surface area contributed by atoms with E-state index >= 15 is 0 Å². The topological polar surface area (TPSA) is 55.6 Å². The van der Waals surface area contributed by atoms with E-state index in [2.05, 4.69) is 24.0 Å². The van der Waals surface area contributed by atoms with Crippen molar-refractivity contribution in [3.05, 3.63) is 47.0 Å². The summed E-state index contributed by atoms with van der Waals surface area (Å²) in [5, 5.41) is 0. The third kappa shape index (κ3) is 4.52. The Hall–Kier alpha value is -2.14. The average molecular weight is 359 g/mol. The summed E-state index contributed by atoms with van der Waals surface area (Å²) in [6, 6.07) is 10.5. The summed E-state index contributed by atoms with van der Waals surface area (Å²) in [6.45, 7) is 10.9. The summed E-state index contributed by atoms with van der Waals surface area (Å²) < 4.78 is 10.3. The summed E-state index contributed by atoms with van der Waals surface area (Å²) >= 11 is 0. The molecule has 0 N–H and O–H groups in total. The first-order chi connectivity index (χ1) is 12.4. The molecule has 2 rings (SSSR count). The Morgan fingerprint density at radius 1 is 1.04 bits per heavy atom. The first-order valence-corrected chi connectivity index (χ1v) is 9.31. The van der Waals surface area contributed by atoms with Gasteiger partial charge >= 0.3 is 11.9 Å². The molecular formula is C21H29NO4. The molecule has 2 unspecified atom stereocenters. The SMILES string of the molecule is CCOC(=O)C(C(=O)OCC)=C(C(C)C)C1CN1[C@H](C)c1ccccc1. The van der Waals surface area contributed by atoms with Crippen LogP contribution in [0.25, 0.3) is 0 Å². The molecule has 1 aromatic carbocycles. The molecule has 1 aromatic rings. The van der Waals surface area contributed by atoms with Crippen LogP contribution in [0.3, 0.4) is 0 Å².